The molecule has 0 bridgehead atoms. The number of rotatable bonds is 10. The zero-order valence-electron chi connectivity index (χ0n) is 20.8. The minimum atomic E-state index is -0.386. The van der Waals surface area contributed by atoms with Gasteiger partial charge in [-0.1, -0.05) is 79.7 Å². The number of nitrogen functional groups attached to an aromatic ring is 1. The van der Waals surface area contributed by atoms with Crippen LogP contribution in [0, 0.1) is 0 Å². The summed E-state index contributed by atoms with van der Waals surface area (Å²) >= 11 is 0. The van der Waals surface area contributed by atoms with Gasteiger partial charge >= 0.3 is 0 Å². The van der Waals surface area contributed by atoms with Gasteiger partial charge in [0, 0.05) is 12.6 Å². The van der Waals surface area contributed by atoms with Gasteiger partial charge in [-0.05, 0) is 35.6 Å². The van der Waals surface area contributed by atoms with Gasteiger partial charge in [0.2, 0.25) is 0 Å². The Morgan fingerprint density at radius 3 is 2.08 bits per heavy atom. The van der Waals surface area contributed by atoms with E-state index in [2.05, 4.69) is 24.3 Å². The highest BCUT2D eigenvalue weighted by atomic mass is 16.5. The molecule has 0 radical (unpaired) electrons. The van der Waals surface area contributed by atoms with Crippen molar-refractivity contribution >= 4 is 11.6 Å². The van der Waals surface area contributed by atoms with Crippen molar-refractivity contribution in [2.75, 3.05) is 12.3 Å². The number of anilines is 1. The van der Waals surface area contributed by atoms with Crippen LogP contribution in [0.3, 0.4) is 0 Å². The second kappa shape index (κ2) is 11.4. The van der Waals surface area contributed by atoms with Crippen molar-refractivity contribution in [2.24, 2.45) is 0 Å². The Kier molecular flexibility index (Phi) is 7.90. The standard InChI is InChI=1S/C29H31N3O4/c1-4-31-29(33)27-26(30)28(36-32-27)23-15-22(19(2)3)24(34-17-20-11-7-5-8-12-20)16-25(23)35-18-21-13-9-6-10-14-21/h5-16,19H,4,17-18,30H2,1-3H3,(H,31,33). The Morgan fingerprint density at radius 1 is 0.944 bits per heavy atom. The van der Waals surface area contributed by atoms with E-state index in [1.807, 2.05) is 79.7 Å². The van der Waals surface area contributed by atoms with Gasteiger partial charge in [0.05, 0.1) is 5.56 Å². The first kappa shape index (κ1) is 24.9. The normalized spacial score (nSPS) is 10.9. The van der Waals surface area contributed by atoms with Crippen LogP contribution >= 0.6 is 0 Å². The molecule has 1 amide bonds. The van der Waals surface area contributed by atoms with Crippen LogP contribution in [0.2, 0.25) is 0 Å². The Labute approximate surface area is 211 Å². The number of hydrogen-bond acceptors (Lipinski definition) is 6. The lowest BCUT2D eigenvalue weighted by atomic mass is 9.97. The molecular formula is C29H31N3O4. The Hall–Kier alpha value is -4.26. The van der Waals surface area contributed by atoms with E-state index in [1.165, 1.54) is 0 Å². The third kappa shape index (κ3) is 5.68. The summed E-state index contributed by atoms with van der Waals surface area (Å²) in [5.41, 5.74) is 10.2. The fraction of sp³-hybridized carbons (Fsp3) is 0.241. The number of ether oxygens (including phenoxy) is 2. The maximum absolute atomic E-state index is 12.4. The molecule has 3 aromatic carbocycles. The number of hydrogen-bond donors (Lipinski definition) is 2. The largest absolute Gasteiger partial charge is 0.488 e. The molecule has 1 heterocycles. The number of amides is 1. The highest BCUT2D eigenvalue weighted by Crippen LogP contribution is 2.42. The quantitative estimate of drug-likeness (QED) is 0.288. The average Bonchev–Trinajstić information content (AvgIpc) is 3.28. The highest BCUT2D eigenvalue weighted by molar-refractivity contribution is 6.00. The lowest BCUT2D eigenvalue weighted by Gasteiger charge is -2.19. The third-order valence-electron chi connectivity index (χ3n) is 5.73. The predicted octanol–water partition coefficient (Wildman–Crippen LogP) is 5.95. The van der Waals surface area contributed by atoms with E-state index in [9.17, 15) is 4.79 Å². The van der Waals surface area contributed by atoms with Crippen LogP contribution in [0.25, 0.3) is 11.3 Å². The first-order chi connectivity index (χ1) is 17.5. The van der Waals surface area contributed by atoms with Crippen LogP contribution in [0.5, 0.6) is 11.5 Å². The molecule has 0 aliphatic rings. The van der Waals surface area contributed by atoms with Gasteiger partial charge in [-0.25, -0.2) is 0 Å². The summed E-state index contributed by atoms with van der Waals surface area (Å²) in [7, 11) is 0. The number of benzene rings is 3. The molecule has 0 aliphatic carbocycles. The predicted molar refractivity (Wildman–Crippen MR) is 140 cm³/mol. The van der Waals surface area contributed by atoms with E-state index < -0.39 is 0 Å². The van der Waals surface area contributed by atoms with Gasteiger partial charge in [-0.2, -0.15) is 0 Å². The summed E-state index contributed by atoms with van der Waals surface area (Å²) in [5, 5.41) is 6.65. The molecule has 36 heavy (non-hydrogen) atoms. The smallest absolute Gasteiger partial charge is 0.275 e. The fourth-order valence-corrected chi connectivity index (χ4v) is 3.82. The Bertz CT molecular complexity index is 1300. The average molecular weight is 486 g/mol. The summed E-state index contributed by atoms with van der Waals surface area (Å²) in [4.78, 5) is 12.4. The van der Waals surface area contributed by atoms with Crippen LogP contribution in [-0.2, 0) is 13.2 Å². The van der Waals surface area contributed by atoms with Crippen molar-refractivity contribution in [3.05, 3.63) is 95.2 Å². The van der Waals surface area contributed by atoms with Gasteiger partial charge in [0.15, 0.2) is 11.5 Å². The molecule has 0 fully saturated rings. The van der Waals surface area contributed by atoms with Gasteiger partial charge in [0.1, 0.15) is 30.4 Å². The van der Waals surface area contributed by atoms with Crippen LogP contribution in [0.4, 0.5) is 5.69 Å². The zero-order chi connectivity index (χ0) is 25.5. The van der Waals surface area contributed by atoms with Gasteiger partial charge < -0.3 is 25.0 Å². The lowest BCUT2D eigenvalue weighted by Crippen LogP contribution is -2.23. The Balaban J connectivity index is 1.75. The van der Waals surface area contributed by atoms with E-state index >= 15 is 0 Å². The molecule has 7 heteroatoms. The summed E-state index contributed by atoms with van der Waals surface area (Å²) in [6.45, 7) is 7.21. The Morgan fingerprint density at radius 2 is 1.53 bits per heavy atom. The highest BCUT2D eigenvalue weighted by Gasteiger charge is 2.25. The molecule has 0 saturated carbocycles. The van der Waals surface area contributed by atoms with Crippen molar-refractivity contribution < 1.29 is 18.8 Å². The van der Waals surface area contributed by atoms with E-state index in [0.717, 1.165) is 16.7 Å². The molecule has 0 unspecified atom stereocenters. The maximum atomic E-state index is 12.4. The summed E-state index contributed by atoms with van der Waals surface area (Å²) < 4.78 is 18.1. The number of nitrogens with two attached hydrogens (primary N) is 1. The number of nitrogens with one attached hydrogen (secondary N) is 1. The topological polar surface area (TPSA) is 99.6 Å². The third-order valence-corrected chi connectivity index (χ3v) is 5.73. The van der Waals surface area contributed by atoms with Crippen molar-refractivity contribution in [2.45, 2.75) is 39.9 Å². The van der Waals surface area contributed by atoms with E-state index in [4.69, 9.17) is 19.7 Å². The van der Waals surface area contributed by atoms with Gasteiger partial charge in [-0.3, -0.25) is 4.79 Å². The van der Waals surface area contributed by atoms with Crippen LogP contribution in [0.1, 0.15) is 53.9 Å². The summed E-state index contributed by atoms with van der Waals surface area (Å²) in [5.74, 6) is 1.28. The molecule has 0 aliphatic heterocycles. The molecule has 7 nitrogen and oxygen atoms in total. The van der Waals surface area contributed by atoms with E-state index in [1.54, 1.807) is 0 Å². The van der Waals surface area contributed by atoms with Crippen LogP contribution < -0.4 is 20.5 Å². The van der Waals surface area contributed by atoms with Gasteiger partial charge in [0.25, 0.3) is 5.91 Å². The van der Waals surface area contributed by atoms with Gasteiger partial charge in [-0.15, -0.1) is 0 Å². The first-order valence-electron chi connectivity index (χ1n) is 12.0. The molecule has 0 saturated heterocycles. The summed E-state index contributed by atoms with van der Waals surface area (Å²) in [6.07, 6.45) is 0. The number of nitrogens with zero attached hydrogens (tertiary/aromatic N) is 1. The molecule has 186 valence electrons. The molecule has 0 atom stereocenters. The SMILES string of the molecule is CCNC(=O)c1noc(-c2cc(C(C)C)c(OCc3ccccc3)cc2OCc2ccccc2)c1N. The second-order valence-electron chi connectivity index (χ2n) is 8.72. The monoisotopic (exact) mass is 485 g/mol. The second-order valence-corrected chi connectivity index (χ2v) is 8.72. The van der Waals surface area contributed by atoms with Crippen molar-refractivity contribution in [3.63, 3.8) is 0 Å². The van der Waals surface area contributed by atoms with E-state index in [0.29, 0.717) is 36.8 Å². The minimum Gasteiger partial charge on any atom is -0.488 e. The summed E-state index contributed by atoms with van der Waals surface area (Å²) in [6, 6.07) is 23.7. The lowest BCUT2D eigenvalue weighted by molar-refractivity contribution is 0.0947. The molecule has 3 N–H and O–H groups in total. The van der Waals surface area contributed by atoms with E-state index in [-0.39, 0.29) is 29.0 Å². The van der Waals surface area contributed by atoms with Crippen LogP contribution in [0.15, 0.2) is 77.3 Å². The number of carbonyl (C=O) groups is 1. The molecule has 1 aromatic heterocycles. The van der Waals surface area contributed by atoms with Crippen molar-refractivity contribution in [1.82, 2.24) is 10.5 Å². The first-order valence-corrected chi connectivity index (χ1v) is 12.0. The molecular weight excluding hydrogens is 454 g/mol. The maximum Gasteiger partial charge on any atom is 0.275 e. The molecule has 4 rings (SSSR count). The van der Waals surface area contributed by atoms with Crippen molar-refractivity contribution in [1.29, 1.82) is 0 Å². The zero-order valence-corrected chi connectivity index (χ0v) is 20.8. The van der Waals surface area contributed by atoms with Crippen molar-refractivity contribution in [3.8, 4) is 22.8 Å². The van der Waals surface area contributed by atoms with Crippen LogP contribution in [-0.4, -0.2) is 17.6 Å². The molecule has 4 aromatic rings. The molecule has 0 spiro atoms. The fourth-order valence-electron chi connectivity index (χ4n) is 3.82. The number of carbonyl (C=O) groups excluding carboxylic acids is 1. The number of aromatic nitrogens is 1. The minimum absolute atomic E-state index is 0.0522.